The zero-order valence-corrected chi connectivity index (χ0v) is 16.8. The van der Waals surface area contributed by atoms with E-state index < -0.39 is 18.3 Å². The molecule has 2 heterocycles. The highest BCUT2D eigenvalue weighted by molar-refractivity contribution is 5.82. The Morgan fingerprint density at radius 1 is 1.19 bits per heavy atom. The molecular formula is C20H38N2O4. The maximum atomic E-state index is 12.8. The Morgan fingerprint density at radius 3 is 2.50 bits per heavy atom. The first kappa shape index (κ1) is 21.6. The van der Waals surface area contributed by atoms with Crippen LogP contribution < -0.4 is 10.6 Å². The highest BCUT2D eigenvalue weighted by atomic mass is 16.5. The second kappa shape index (κ2) is 10.0. The summed E-state index contributed by atoms with van der Waals surface area (Å²) in [6, 6.07) is -0.497. The molecule has 6 nitrogen and oxygen atoms in total. The Balaban J connectivity index is 2.01. The Bertz CT molecular complexity index is 446. The zero-order chi connectivity index (χ0) is 19.3. The molecule has 2 aliphatic rings. The molecule has 7 atom stereocenters. The predicted octanol–water partition coefficient (Wildman–Crippen LogP) is 1.58. The van der Waals surface area contributed by atoms with E-state index in [1.54, 1.807) is 0 Å². The van der Waals surface area contributed by atoms with Gasteiger partial charge in [-0.2, -0.15) is 0 Å². The molecule has 0 aliphatic carbocycles. The van der Waals surface area contributed by atoms with E-state index in [1.165, 1.54) is 0 Å². The molecule has 7 unspecified atom stereocenters. The summed E-state index contributed by atoms with van der Waals surface area (Å²) < 4.78 is 6.11. The number of carbonyl (C=O) groups excluding carboxylic acids is 1. The average molecular weight is 371 g/mol. The standard InChI is InChI=1S/C20H38N2O4/c1-5-7-13-9-15(21-11-13)20(25)22-17(12(3)4)19-18(24)16(23)10-14(26-19)8-6-2/h12-19,21,23-24H,5-11H2,1-4H3,(H,22,25). The van der Waals surface area contributed by atoms with E-state index in [-0.39, 0.29) is 30.0 Å². The number of hydrogen-bond acceptors (Lipinski definition) is 5. The Labute approximate surface area is 158 Å². The van der Waals surface area contributed by atoms with Crippen LogP contribution in [0.5, 0.6) is 0 Å². The van der Waals surface area contributed by atoms with Crippen molar-refractivity contribution < 1.29 is 19.7 Å². The topological polar surface area (TPSA) is 90.8 Å². The second-order valence-corrected chi connectivity index (χ2v) is 8.43. The van der Waals surface area contributed by atoms with E-state index >= 15 is 0 Å². The van der Waals surface area contributed by atoms with E-state index in [9.17, 15) is 15.0 Å². The monoisotopic (exact) mass is 370 g/mol. The van der Waals surface area contributed by atoms with Gasteiger partial charge >= 0.3 is 0 Å². The quantitative estimate of drug-likeness (QED) is 0.521. The molecule has 2 aliphatic heterocycles. The van der Waals surface area contributed by atoms with Crippen molar-refractivity contribution in [3.63, 3.8) is 0 Å². The van der Waals surface area contributed by atoms with Gasteiger partial charge in [0.15, 0.2) is 0 Å². The van der Waals surface area contributed by atoms with Crippen LogP contribution in [0.1, 0.15) is 66.2 Å². The molecule has 26 heavy (non-hydrogen) atoms. The van der Waals surface area contributed by atoms with Crippen LogP contribution in [0.3, 0.4) is 0 Å². The minimum atomic E-state index is -0.972. The maximum Gasteiger partial charge on any atom is 0.237 e. The SMILES string of the molecule is CCCC1CNC(C(=O)NC(C(C)C)C2OC(CCC)CC(O)C2O)C1. The summed E-state index contributed by atoms with van der Waals surface area (Å²) in [6.07, 6.45) is 2.97. The van der Waals surface area contributed by atoms with Gasteiger partial charge in [0, 0.05) is 6.42 Å². The minimum Gasteiger partial charge on any atom is -0.390 e. The van der Waals surface area contributed by atoms with E-state index in [0.29, 0.717) is 12.3 Å². The van der Waals surface area contributed by atoms with Gasteiger partial charge < -0.3 is 25.6 Å². The van der Waals surface area contributed by atoms with Gasteiger partial charge in [-0.05, 0) is 37.6 Å². The van der Waals surface area contributed by atoms with Crippen LogP contribution >= 0.6 is 0 Å². The first-order valence-corrected chi connectivity index (χ1v) is 10.4. The van der Waals surface area contributed by atoms with Gasteiger partial charge in [-0.3, -0.25) is 4.79 Å². The third-order valence-corrected chi connectivity index (χ3v) is 5.81. The molecule has 2 saturated heterocycles. The minimum absolute atomic E-state index is 0.0230. The summed E-state index contributed by atoms with van der Waals surface area (Å²) in [7, 11) is 0. The highest BCUT2D eigenvalue weighted by Crippen LogP contribution is 2.28. The smallest absolute Gasteiger partial charge is 0.237 e. The number of carbonyl (C=O) groups is 1. The Hall–Kier alpha value is -0.690. The van der Waals surface area contributed by atoms with Gasteiger partial charge in [-0.1, -0.05) is 40.5 Å². The summed E-state index contributed by atoms with van der Waals surface area (Å²) in [6.45, 7) is 9.16. The lowest BCUT2D eigenvalue weighted by atomic mass is 9.87. The van der Waals surface area contributed by atoms with Gasteiger partial charge in [-0.25, -0.2) is 0 Å². The Kier molecular flexibility index (Phi) is 8.33. The van der Waals surface area contributed by atoms with E-state index in [4.69, 9.17) is 4.74 Å². The third kappa shape index (κ3) is 5.41. The van der Waals surface area contributed by atoms with Crippen LogP contribution in [-0.2, 0) is 9.53 Å². The maximum absolute atomic E-state index is 12.8. The fourth-order valence-corrected chi connectivity index (χ4v) is 4.32. The lowest BCUT2D eigenvalue weighted by molar-refractivity contribution is -0.184. The van der Waals surface area contributed by atoms with Crippen molar-refractivity contribution in [1.29, 1.82) is 0 Å². The molecule has 0 bridgehead atoms. The number of ether oxygens (including phenoxy) is 1. The molecule has 6 heteroatoms. The largest absolute Gasteiger partial charge is 0.390 e. The molecule has 0 spiro atoms. The van der Waals surface area contributed by atoms with Crippen LogP contribution in [0.25, 0.3) is 0 Å². The van der Waals surface area contributed by atoms with Gasteiger partial charge in [-0.15, -0.1) is 0 Å². The first-order valence-electron chi connectivity index (χ1n) is 10.4. The fourth-order valence-electron chi connectivity index (χ4n) is 4.32. The number of nitrogens with one attached hydrogen (secondary N) is 2. The zero-order valence-electron chi connectivity index (χ0n) is 16.8. The van der Waals surface area contributed by atoms with Crippen LogP contribution in [-0.4, -0.2) is 59.2 Å². The van der Waals surface area contributed by atoms with Crippen LogP contribution in [0, 0.1) is 11.8 Å². The molecule has 2 fully saturated rings. The third-order valence-electron chi connectivity index (χ3n) is 5.81. The summed E-state index contributed by atoms with van der Waals surface area (Å²) in [5.41, 5.74) is 0. The average Bonchev–Trinajstić information content (AvgIpc) is 3.05. The van der Waals surface area contributed by atoms with Gasteiger partial charge in [0.1, 0.15) is 12.2 Å². The number of amides is 1. The normalized spacial score (nSPS) is 36.3. The second-order valence-electron chi connectivity index (χ2n) is 8.43. The van der Waals surface area contributed by atoms with E-state index in [1.807, 2.05) is 13.8 Å². The molecule has 4 N–H and O–H groups in total. The molecule has 0 saturated carbocycles. The van der Waals surface area contributed by atoms with E-state index in [0.717, 1.165) is 38.6 Å². The number of rotatable bonds is 8. The molecule has 1 amide bonds. The van der Waals surface area contributed by atoms with E-state index in [2.05, 4.69) is 24.5 Å². The van der Waals surface area contributed by atoms with Crippen molar-refractivity contribution >= 4 is 5.91 Å². The molecule has 152 valence electrons. The summed E-state index contributed by atoms with van der Waals surface area (Å²) in [5.74, 6) is 0.629. The lowest BCUT2D eigenvalue weighted by Crippen LogP contribution is -2.61. The van der Waals surface area contributed by atoms with Gasteiger partial charge in [0.05, 0.1) is 24.3 Å². The van der Waals surface area contributed by atoms with Crippen LogP contribution in [0.2, 0.25) is 0 Å². The number of hydrogen-bond donors (Lipinski definition) is 4. The molecule has 2 rings (SSSR count). The number of aliphatic hydroxyl groups is 2. The summed E-state index contributed by atoms with van der Waals surface area (Å²) in [5, 5.41) is 27.2. The first-order chi connectivity index (χ1) is 12.4. The predicted molar refractivity (Wildman–Crippen MR) is 102 cm³/mol. The Morgan fingerprint density at radius 2 is 1.88 bits per heavy atom. The molecule has 0 aromatic rings. The lowest BCUT2D eigenvalue weighted by Gasteiger charge is -2.42. The molecule has 0 aromatic heterocycles. The van der Waals surface area contributed by atoms with Gasteiger partial charge in [0.2, 0.25) is 5.91 Å². The van der Waals surface area contributed by atoms with Crippen molar-refractivity contribution in [3.8, 4) is 0 Å². The summed E-state index contributed by atoms with van der Waals surface area (Å²) in [4.78, 5) is 12.8. The number of aliphatic hydroxyl groups excluding tert-OH is 2. The molecular weight excluding hydrogens is 332 g/mol. The van der Waals surface area contributed by atoms with Crippen molar-refractivity contribution in [2.45, 2.75) is 103 Å². The van der Waals surface area contributed by atoms with Crippen molar-refractivity contribution in [1.82, 2.24) is 10.6 Å². The molecule has 0 radical (unpaired) electrons. The van der Waals surface area contributed by atoms with Gasteiger partial charge in [0.25, 0.3) is 0 Å². The highest BCUT2D eigenvalue weighted by Gasteiger charge is 2.43. The molecule has 0 aromatic carbocycles. The van der Waals surface area contributed by atoms with Crippen molar-refractivity contribution in [2.24, 2.45) is 11.8 Å². The van der Waals surface area contributed by atoms with Crippen molar-refractivity contribution in [2.75, 3.05) is 6.54 Å². The van der Waals surface area contributed by atoms with Crippen molar-refractivity contribution in [3.05, 3.63) is 0 Å². The van der Waals surface area contributed by atoms with Crippen LogP contribution in [0.15, 0.2) is 0 Å². The fraction of sp³-hybridized carbons (Fsp3) is 0.950. The summed E-state index contributed by atoms with van der Waals surface area (Å²) >= 11 is 0. The van der Waals surface area contributed by atoms with Crippen LogP contribution in [0.4, 0.5) is 0 Å².